The standard InChI is InChI=1S/C57H37N/c1-57(2)51-32-50-44(29-45(51)46-30-47-42-25-14-15-27-53(42)58(54(47)33-52(46)57)36-18-4-3-5-19-36)39-22-10-11-23-40(39)48-31-49(41-24-12-13-26-43(41)56(48)50)55-37-20-8-6-16-34(37)28-35-17-7-9-21-38(35)55/h3-33H,1-2H3. The first-order valence-corrected chi connectivity index (χ1v) is 20.4. The summed E-state index contributed by atoms with van der Waals surface area (Å²) in [7, 11) is 0. The fraction of sp³-hybridized carbons (Fsp3) is 0.0526. The lowest BCUT2D eigenvalue weighted by atomic mass is 9.80. The minimum atomic E-state index is -0.208. The molecular formula is C57H37N. The van der Waals surface area contributed by atoms with E-state index < -0.39 is 0 Å². The van der Waals surface area contributed by atoms with Gasteiger partial charge in [-0.15, -0.1) is 0 Å². The van der Waals surface area contributed by atoms with Crippen LogP contribution in [0.15, 0.2) is 188 Å². The molecule has 1 heteroatoms. The summed E-state index contributed by atoms with van der Waals surface area (Å²) in [6.07, 6.45) is 0. The summed E-state index contributed by atoms with van der Waals surface area (Å²) < 4.78 is 2.45. The highest BCUT2D eigenvalue weighted by Crippen LogP contribution is 2.54. The summed E-state index contributed by atoms with van der Waals surface area (Å²) in [6.45, 7) is 4.85. The number of fused-ring (bicyclic) bond motifs is 16. The van der Waals surface area contributed by atoms with Gasteiger partial charge in [0.05, 0.1) is 11.0 Å². The first kappa shape index (κ1) is 31.9. The molecular weight excluding hydrogens is 699 g/mol. The molecule has 0 aliphatic heterocycles. The van der Waals surface area contributed by atoms with Gasteiger partial charge in [-0.05, 0) is 153 Å². The van der Waals surface area contributed by atoms with Crippen LogP contribution >= 0.6 is 0 Å². The second kappa shape index (κ2) is 11.4. The van der Waals surface area contributed by atoms with Crippen molar-refractivity contribution in [1.29, 1.82) is 0 Å². The number of hydrogen-bond donors (Lipinski definition) is 0. The van der Waals surface area contributed by atoms with Crippen molar-refractivity contribution in [2.45, 2.75) is 19.3 Å². The van der Waals surface area contributed by atoms with Gasteiger partial charge in [-0.25, -0.2) is 0 Å². The Hall–Kier alpha value is -7.22. The van der Waals surface area contributed by atoms with Gasteiger partial charge in [0.2, 0.25) is 0 Å². The summed E-state index contributed by atoms with van der Waals surface area (Å²) in [5.41, 5.74) is 11.5. The minimum Gasteiger partial charge on any atom is -0.309 e. The molecule has 0 fully saturated rings. The van der Waals surface area contributed by atoms with E-state index in [1.807, 2.05) is 0 Å². The lowest BCUT2D eigenvalue weighted by Crippen LogP contribution is -2.15. The van der Waals surface area contributed by atoms with Crippen LogP contribution in [0.2, 0.25) is 0 Å². The molecule has 0 radical (unpaired) electrons. The Kier molecular flexibility index (Phi) is 6.29. The van der Waals surface area contributed by atoms with Gasteiger partial charge >= 0.3 is 0 Å². The minimum absolute atomic E-state index is 0.208. The Morgan fingerprint density at radius 1 is 0.328 bits per heavy atom. The monoisotopic (exact) mass is 735 g/mol. The molecule has 58 heavy (non-hydrogen) atoms. The maximum Gasteiger partial charge on any atom is 0.0544 e. The van der Waals surface area contributed by atoms with Crippen molar-refractivity contribution in [3.05, 3.63) is 199 Å². The zero-order valence-electron chi connectivity index (χ0n) is 32.3. The maximum absolute atomic E-state index is 2.56. The van der Waals surface area contributed by atoms with E-state index in [2.05, 4.69) is 206 Å². The predicted octanol–water partition coefficient (Wildman–Crippen LogP) is 15.7. The topological polar surface area (TPSA) is 4.93 Å². The van der Waals surface area contributed by atoms with E-state index in [9.17, 15) is 0 Å². The van der Waals surface area contributed by atoms with Crippen molar-refractivity contribution in [3.8, 4) is 27.9 Å². The van der Waals surface area contributed by atoms with Gasteiger partial charge in [0.25, 0.3) is 0 Å². The fourth-order valence-electron chi connectivity index (χ4n) is 10.9. The molecule has 0 amide bonds. The third-order valence-electron chi connectivity index (χ3n) is 13.5. The summed E-state index contributed by atoms with van der Waals surface area (Å²) in [5, 5.41) is 18.1. The van der Waals surface area contributed by atoms with Crippen molar-refractivity contribution in [2.24, 2.45) is 0 Å². The van der Waals surface area contributed by atoms with Crippen LogP contribution in [0.25, 0.3) is 114 Å². The molecule has 0 spiro atoms. The van der Waals surface area contributed by atoms with Crippen LogP contribution in [0, 0.1) is 0 Å². The molecule has 12 aromatic rings. The SMILES string of the molecule is CC1(C)c2cc3c(cc2-c2cc4c5ccccc5n(-c5ccccc5)c4cc21)c1ccccc1c1cc(-c2c4ccccc4cc4ccccc24)c2ccccc2c31. The largest absolute Gasteiger partial charge is 0.309 e. The molecule has 1 aliphatic rings. The Balaban J connectivity index is 1.15. The molecule has 270 valence electrons. The second-order valence-electron chi connectivity index (χ2n) is 16.8. The first-order chi connectivity index (χ1) is 28.5. The Labute approximate surface area is 336 Å². The number of hydrogen-bond acceptors (Lipinski definition) is 0. The van der Waals surface area contributed by atoms with Gasteiger partial charge in [0, 0.05) is 21.9 Å². The predicted molar refractivity (Wildman–Crippen MR) is 249 cm³/mol. The van der Waals surface area contributed by atoms with Crippen LogP contribution in [0.3, 0.4) is 0 Å². The molecule has 0 atom stereocenters. The van der Waals surface area contributed by atoms with Crippen LogP contribution in [0.1, 0.15) is 25.0 Å². The van der Waals surface area contributed by atoms with Crippen molar-refractivity contribution in [1.82, 2.24) is 4.57 Å². The summed E-state index contributed by atoms with van der Waals surface area (Å²) in [6, 6.07) is 70.6. The molecule has 11 aromatic carbocycles. The maximum atomic E-state index is 2.56. The highest BCUT2D eigenvalue weighted by atomic mass is 15.0. The van der Waals surface area contributed by atoms with Crippen molar-refractivity contribution in [2.75, 3.05) is 0 Å². The molecule has 1 aliphatic carbocycles. The van der Waals surface area contributed by atoms with Crippen LogP contribution in [-0.4, -0.2) is 4.57 Å². The summed E-state index contributed by atoms with van der Waals surface area (Å²) >= 11 is 0. The zero-order chi connectivity index (χ0) is 38.3. The third-order valence-corrected chi connectivity index (χ3v) is 13.5. The summed E-state index contributed by atoms with van der Waals surface area (Å²) in [5.74, 6) is 0. The Morgan fingerprint density at radius 3 is 1.53 bits per heavy atom. The number of nitrogens with zero attached hydrogens (tertiary/aromatic N) is 1. The third kappa shape index (κ3) is 4.15. The first-order valence-electron chi connectivity index (χ1n) is 20.4. The molecule has 1 aromatic heterocycles. The van der Waals surface area contributed by atoms with Crippen molar-refractivity contribution < 1.29 is 0 Å². The Bertz CT molecular complexity index is 3700. The smallest absolute Gasteiger partial charge is 0.0544 e. The van der Waals surface area contributed by atoms with E-state index in [1.165, 1.54) is 126 Å². The lowest BCUT2D eigenvalue weighted by Gasteiger charge is -2.23. The quantitative estimate of drug-likeness (QED) is 0.123. The molecule has 0 N–H and O–H groups in total. The van der Waals surface area contributed by atoms with Gasteiger partial charge in [-0.3, -0.25) is 0 Å². The van der Waals surface area contributed by atoms with Gasteiger partial charge < -0.3 is 4.57 Å². The highest BCUT2D eigenvalue weighted by molar-refractivity contribution is 6.34. The van der Waals surface area contributed by atoms with E-state index in [0.29, 0.717) is 0 Å². The fourth-order valence-corrected chi connectivity index (χ4v) is 10.9. The van der Waals surface area contributed by atoms with Gasteiger partial charge in [0.15, 0.2) is 0 Å². The summed E-state index contributed by atoms with van der Waals surface area (Å²) in [4.78, 5) is 0. The highest BCUT2D eigenvalue weighted by Gasteiger charge is 2.37. The number of para-hydroxylation sites is 2. The number of benzene rings is 11. The normalized spacial score (nSPS) is 13.5. The second-order valence-corrected chi connectivity index (χ2v) is 16.8. The van der Waals surface area contributed by atoms with Gasteiger partial charge in [0.1, 0.15) is 0 Å². The van der Waals surface area contributed by atoms with Gasteiger partial charge in [-0.1, -0.05) is 147 Å². The molecule has 1 heterocycles. The lowest BCUT2D eigenvalue weighted by molar-refractivity contribution is 0.662. The van der Waals surface area contributed by atoms with E-state index in [1.54, 1.807) is 0 Å². The Morgan fingerprint density at radius 2 is 0.828 bits per heavy atom. The van der Waals surface area contributed by atoms with Crippen LogP contribution < -0.4 is 0 Å². The van der Waals surface area contributed by atoms with Gasteiger partial charge in [-0.2, -0.15) is 0 Å². The molecule has 13 rings (SSSR count). The van der Waals surface area contributed by atoms with Crippen molar-refractivity contribution >= 4 is 86.4 Å². The average molecular weight is 736 g/mol. The number of aromatic nitrogens is 1. The molecule has 0 saturated heterocycles. The van der Waals surface area contributed by atoms with Crippen LogP contribution in [0.4, 0.5) is 0 Å². The number of rotatable bonds is 2. The van der Waals surface area contributed by atoms with Crippen LogP contribution in [-0.2, 0) is 5.41 Å². The van der Waals surface area contributed by atoms with Crippen molar-refractivity contribution in [3.63, 3.8) is 0 Å². The zero-order valence-corrected chi connectivity index (χ0v) is 32.3. The molecule has 0 bridgehead atoms. The molecule has 0 unspecified atom stereocenters. The van der Waals surface area contributed by atoms with Crippen LogP contribution in [0.5, 0.6) is 0 Å². The van der Waals surface area contributed by atoms with E-state index in [-0.39, 0.29) is 5.41 Å². The molecule has 0 saturated carbocycles. The average Bonchev–Trinajstić information content (AvgIpc) is 3.71. The van der Waals surface area contributed by atoms with E-state index in [4.69, 9.17) is 0 Å². The molecule has 1 nitrogen and oxygen atoms in total. The van der Waals surface area contributed by atoms with E-state index in [0.717, 1.165) is 0 Å². The van der Waals surface area contributed by atoms with E-state index >= 15 is 0 Å².